The Bertz CT molecular complexity index is 907. The first kappa shape index (κ1) is 19.7. The third-order valence-electron chi connectivity index (χ3n) is 4.02. The first-order valence-electron chi connectivity index (χ1n) is 9.23. The third kappa shape index (κ3) is 4.62. The third-order valence-corrected chi connectivity index (χ3v) is 6.50. The van der Waals surface area contributed by atoms with Gasteiger partial charge in [0.2, 0.25) is 0 Å². The van der Waals surface area contributed by atoms with Gasteiger partial charge >= 0.3 is 7.60 Å². The van der Waals surface area contributed by atoms with Gasteiger partial charge in [0.25, 0.3) is 0 Å². The fourth-order valence-corrected chi connectivity index (χ4v) is 5.40. The van der Waals surface area contributed by atoms with Gasteiger partial charge in [0.15, 0.2) is 5.78 Å². The van der Waals surface area contributed by atoms with Crippen LogP contribution >= 0.6 is 7.60 Å². The lowest BCUT2D eigenvalue weighted by Crippen LogP contribution is -2.19. The number of hydrogen-bond donors (Lipinski definition) is 2. The standard InChI is InChI=1S/C21H27N2O3P/c1-15(2)25-27(24,26-16(3)4)21(23-17-10-6-5-7-11-17)19-14-22-20-13-9-8-12-18(19)20/h5-16,21-23H,1-4H3. The molecule has 1 atom stereocenters. The summed E-state index contributed by atoms with van der Waals surface area (Å²) < 4.78 is 25.8. The Kier molecular flexibility index (Phi) is 6.05. The number of aromatic amines is 1. The van der Waals surface area contributed by atoms with Crippen LogP contribution in [0.15, 0.2) is 60.8 Å². The van der Waals surface area contributed by atoms with Crippen LogP contribution in [0.5, 0.6) is 0 Å². The van der Waals surface area contributed by atoms with Gasteiger partial charge in [-0.2, -0.15) is 0 Å². The van der Waals surface area contributed by atoms with Crippen molar-refractivity contribution in [2.24, 2.45) is 0 Å². The monoisotopic (exact) mass is 386 g/mol. The van der Waals surface area contributed by atoms with Crippen molar-refractivity contribution in [1.82, 2.24) is 4.98 Å². The minimum Gasteiger partial charge on any atom is -0.368 e. The number of hydrogen-bond acceptors (Lipinski definition) is 4. The number of anilines is 1. The molecule has 0 amide bonds. The van der Waals surface area contributed by atoms with Crippen LogP contribution in [0.1, 0.15) is 39.0 Å². The van der Waals surface area contributed by atoms with Gasteiger partial charge in [0.1, 0.15) is 0 Å². The first-order valence-corrected chi connectivity index (χ1v) is 10.8. The molecule has 1 heterocycles. The highest BCUT2D eigenvalue weighted by atomic mass is 31.2. The van der Waals surface area contributed by atoms with Crippen molar-refractivity contribution >= 4 is 24.2 Å². The van der Waals surface area contributed by atoms with Crippen LogP contribution in [0, 0.1) is 0 Å². The maximum atomic E-state index is 14.0. The Labute approximate surface area is 160 Å². The Morgan fingerprint density at radius 2 is 1.48 bits per heavy atom. The molecule has 2 aromatic carbocycles. The van der Waals surface area contributed by atoms with Gasteiger partial charge in [-0.25, -0.2) is 0 Å². The quantitative estimate of drug-likeness (QED) is 0.445. The van der Waals surface area contributed by atoms with Crippen molar-refractivity contribution < 1.29 is 13.6 Å². The highest BCUT2D eigenvalue weighted by Gasteiger charge is 2.40. The lowest BCUT2D eigenvalue weighted by atomic mass is 10.1. The number of aromatic nitrogens is 1. The molecule has 144 valence electrons. The van der Waals surface area contributed by atoms with Crippen LogP contribution in [-0.2, 0) is 13.6 Å². The summed E-state index contributed by atoms with van der Waals surface area (Å²) >= 11 is 0. The number of benzene rings is 2. The molecule has 0 saturated carbocycles. The van der Waals surface area contributed by atoms with Crippen LogP contribution in [0.3, 0.4) is 0 Å². The summed E-state index contributed by atoms with van der Waals surface area (Å²) in [5.74, 6) is -0.638. The normalized spacial score (nSPS) is 13.4. The van der Waals surface area contributed by atoms with E-state index in [4.69, 9.17) is 9.05 Å². The van der Waals surface area contributed by atoms with Crippen molar-refractivity contribution in [3.63, 3.8) is 0 Å². The molecule has 0 aliphatic rings. The molecular formula is C21H27N2O3P. The molecule has 0 aliphatic heterocycles. The number of para-hydroxylation sites is 2. The molecule has 0 saturated heterocycles. The van der Waals surface area contributed by atoms with E-state index in [0.29, 0.717) is 0 Å². The van der Waals surface area contributed by atoms with E-state index in [1.165, 1.54) is 0 Å². The van der Waals surface area contributed by atoms with E-state index in [9.17, 15) is 4.57 Å². The smallest absolute Gasteiger partial charge is 0.357 e. The van der Waals surface area contributed by atoms with E-state index in [1.807, 2.05) is 88.5 Å². The molecule has 5 nitrogen and oxygen atoms in total. The van der Waals surface area contributed by atoms with Crippen molar-refractivity contribution in [2.75, 3.05) is 5.32 Å². The molecule has 1 aromatic heterocycles. The zero-order valence-electron chi connectivity index (χ0n) is 16.2. The number of fused-ring (bicyclic) bond motifs is 1. The molecule has 2 N–H and O–H groups in total. The van der Waals surface area contributed by atoms with Crippen molar-refractivity contribution in [2.45, 2.75) is 45.7 Å². The van der Waals surface area contributed by atoms with Crippen molar-refractivity contribution in [3.05, 3.63) is 66.4 Å². The average molecular weight is 386 g/mol. The van der Waals surface area contributed by atoms with Gasteiger partial charge in [0.05, 0.1) is 12.2 Å². The molecule has 1 unspecified atom stereocenters. The van der Waals surface area contributed by atoms with Gasteiger partial charge in [-0.05, 0) is 45.9 Å². The van der Waals surface area contributed by atoms with Gasteiger partial charge in [-0.15, -0.1) is 0 Å². The summed E-state index contributed by atoms with van der Waals surface area (Å²) in [5.41, 5.74) is 2.69. The van der Waals surface area contributed by atoms with Crippen LogP contribution in [-0.4, -0.2) is 17.2 Å². The van der Waals surface area contributed by atoms with Gasteiger partial charge < -0.3 is 19.3 Å². The predicted molar refractivity (Wildman–Crippen MR) is 111 cm³/mol. The fraction of sp³-hybridized carbons (Fsp3) is 0.333. The molecule has 0 spiro atoms. The minimum absolute atomic E-state index is 0.236. The molecule has 27 heavy (non-hydrogen) atoms. The Morgan fingerprint density at radius 3 is 2.11 bits per heavy atom. The van der Waals surface area contributed by atoms with E-state index < -0.39 is 13.4 Å². The summed E-state index contributed by atoms with van der Waals surface area (Å²) in [4.78, 5) is 3.26. The van der Waals surface area contributed by atoms with Crippen LogP contribution in [0.2, 0.25) is 0 Å². The summed E-state index contributed by atoms with van der Waals surface area (Å²) in [6.45, 7) is 7.46. The van der Waals surface area contributed by atoms with Crippen LogP contribution < -0.4 is 5.32 Å². The highest BCUT2D eigenvalue weighted by Crippen LogP contribution is 2.63. The average Bonchev–Trinajstić information content (AvgIpc) is 3.03. The second kappa shape index (κ2) is 8.30. The van der Waals surface area contributed by atoms with E-state index in [2.05, 4.69) is 10.3 Å². The second-order valence-corrected chi connectivity index (χ2v) is 9.07. The molecule has 6 heteroatoms. The second-order valence-electron chi connectivity index (χ2n) is 7.05. The van der Waals surface area contributed by atoms with Gasteiger partial charge in [0, 0.05) is 28.4 Å². The van der Waals surface area contributed by atoms with Gasteiger partial charge in [-0.1, -0.05) is 36.4 Å². The lowest BCUT2D eigenvalue weighted by molar-refractivity contribution is 0.138. The van der Waals surface area contributed by atoms with Gasteiger partial charge in [-0.3, -0.25) is 4.57 Å². The topological polar surface area (TPSA) is 63.4 Å². The van der Waals surface area contributed by atoms with E-state index >= 15 is 0 Å². The van der Waals surface area contributed by atoms with Crippen LogP contribution in [0.4, 0.5) is 5.69 Å². The fourth-order valence-electron chi connectivity index (χ4n) is 3.07. The Balaban J connectivity index is 2.12. The Hall–Kier alpha value is -2.07. The van der Waals surface area contributed by atoms with Crippen LogP contribution in [0.25, 0.3) is 10.9 Å². The molecule has 0 radical (unpaired) electrons. The summed E-state index contributed by atoms with van der Waals surface area (Å²) in [5, 5.41) is 4.38. The largest absolute Gasteiger partial charge is 0.368 e. The summed E-state index contributed by atoms with van der Waals surface area (Å²) in [6.07, 6.45) is 1.41. The number of rotatable bonds is 8. The SMILES string of the molecule is CC(C)OP(=O)(OC(C)C)C(Nc1ccccc1)c1c[nH]c2ccccc12. The molecule has 0 fully saturated rings. The van der Waals surface area contributed by atoms with E-state index in [0.717, 1.165) is 22.2 Å². The number of H-pyrrole nitrogens is 1. The molecule has 3 aromatic rings. The highest BCUT2D eigenvalue weighted by molar-refractivity contribution is 7.54. The minimum atomic E-state index is -3.53. The summed E-state index contributed by atoms with van der Waals surface area (Å²) in [7, 11) is -3.53. The maximum absolute atomic E-state index is 14.0. The van der Waals surface area contributed by atoms with E-state index in [1.54, 1.807) is 0 Å². The van der Waals surface area contributed by atoms with E-state index in [-0.39, 0.29) is 12.2 Å². The zero-order chi connectivity index (χ0) is 19.4. The maximum Gasteiger partial charge on any atom is 0.357 e. The van der Waals surface area contributed by atoms with Crippen molar-refractivity contribution in [1.29, 1.82) is 0 Å². The Morgan fingerprint density at radius 1 is 0.889 bits per heavy atom. The van der Waals surface area contributed by atoms with Crippen molar-refractivity contribution in [3.8, 4) is 0 Å². The molecular weight excluding hydrogens is 359 g/mol. The zero-order valence-corrected chi connectivity index (χ0v) is 17.1. The number of nitrogens with one attached hydrogen (secondary N) is 2. The molecule has 0 aliphatic carbocycles. The first-order chi connectivity index (χ1) is 12.9. The summed E-state index contributed by atoms with van der Waals surface area (Å²) in [6, 6.07) is 17.6. The lowest BCUT2D eigenvalue weighted by Gasteiger charge is -2.31. The molecule has 0 bridgehead atoms. The molecule has 3 rings (SSSR count). The predicted octanol–water partition coefficient (Wildman–Crippen LogP) is 6.32.